The fourth-order valence-electron chi connectivity index (χ4n) is 4.09. The number of methoxy groups -OCH3 is 1. The van der Waals surface area contributed by atoms with E-state index in [0.717, 1.165) is 11.8 Å². The maximum Gasteiger partial charge on any atom is 0.268 e. The third-order valence-electron chi connectivity index (χ3n) is 6.09. The molecule has 0 bridgehead atoms. The van der Waals surface area contributed by atoms with E-state index >= 15 is 0 Å². The lowest BCUT2D eigenvalue weighted by atomic mass is 10.1. The van der Waals surface area contributed by atoms with Gasteiger partial charge in [-0.05, 0) is 61.0 Å². The Bertz CT molecular complexity index is 1680. The number of rotatable bonds is 8. The minimum atomic E-state index is -3.91. The molecule has 206 valence electrons. The molecule has 1 aliphatic heterocycles. The zero-order valence-corrected chi connectivity index (χ0v) is 22.3. The summed E-state index contributed by atoms with van der Waals surface area (Å²) in [5.41, 5.74) is 2.19. The average molecular weight is 565 g/mol. The molecule has 13 heteroatoms. The van der Waals surface area contributed by atoms with Crippen molar-refractivity contribution in [3.8, 4) is 11.5 Å². The molecule has 0 saturated heterocycles. The normalized spacial score (nSPS) is 14.8. The highest BCUT2D eigenvalue weighted by molar-refractivity contribution is 7.89. The van der Waals surface area contributed by atoms with Crippen LogP contribution in [0, 0.1) is 5.82 Å². The molecule has 4 aromatic rings. The van der Waals surface area contributed by atoms with Crippen molar-refractivity contribution in [2.75, 3.05) is 22.6 Å². The standard InChI is InChI=1S/C27H25FN6O5S/c1-16-26(35)34(15-17-6-9-20(38-2)10-7-17)23-13-19(8-11-24(23)39-16)31-25-22(28)14-30-27(33-25)32-18-4-3-5-21(12-18)40(29,36)37/h3-14,16H,15H2,1-2H3,(H2,29,36,37)(H2,30,31,32,33). The first-order chi connectivity index (χ1) is 19.1. The fraction of sp³-hybridized carbons (Fsp3) is 0.148. The van der Waals surface area contributed by atoms with Crippen LogP contribution in [-0.2, 0) is 21.4 Å². The number of sulfonamides is 1. The summed E-state index contributed by atoms with van der Waals surface area (Å²) in [5, 5.41) is 11.0. The number of aromatic nitrogens is 2. The van der Waals surface area contributed by atoms with Gasteiger partial charge in [-0.3, -0.25) is 4.79 Å². The third kappa shape index (κ3) is 5.80. The molecule has 3 aromatic carbocycles. The van der Waals surface area contributed by atoms with Gasteiger partial charge in [-0.15, -0.1) is 0 Å². The second-order valence-electron chi connectivity index (χ2n) is 8.93. The first-order valence-corrected chi connectivity index (χ1v) is 13.6. The Kier molecular flexibility index (Phi) is 7.24. The van der Waals surface area contributed by atoms with E-state index in [1.54, 1.807) is 43.2 Å². The van der Waals surface area contributed by atoms with Crippen molar-refractivity contribution in [1.82, 2.24) is 9.97 Å². The molecule has 11 nitrogen and oxygen atoms in total. The van der Waals surface area contributed by atoms with Crippen LogP contribution >= 0.6 is 0 Å². The maximum absolute atomic E-state index is 14.7. The molecule has 0 spiro atoms. The molecule has 1 amide bonds. The van der Waals surface area contributed by atoms with E-state index in [-0.39, 0.29) is 22.6 Å². The molecule has 5 rings (SSSR count). The number of fused-ring (bicyclic) bond motifs is 1. The summed E-state index contributed by atoms with van der Waals surface area (Å²) in [5.74, 6) is 0.140. The highest BCUT2D eigenvalue weighted by Crippen LogP contribution is 2.38. The van der Waals surface area contributed by atoms with Gasteiger partial charge in [0.25, 0.3) is 5.91 Å². The average Bonchev–Trinajstić information content (AvgIpc) is 2.93. The van der Waals surface area contributed by atoms with Gasteiger partial charge >= 0.3 is 0 Å². The van der Waals surface area contributed by atoms with Crippen molar-refractivity contribution >= 4 is 44.8 Å². The number of nitrogens with one attached hydrogen (secondary N) is 2. The number of amides is 1. The van der Waals surface area contributed by atoms with Crippen molar-refractivity contribution in [2.45, 2.75) is 24.5 Å². The highest BCUT2D eigenvalue weighted by Gasteiger charge is 2.32. The molecule has 1 aliphatic rings. The Labute approximate surface area is 229 Å². The summed E-state index contributed by atoms with van der Waals surface area (Å²) < 4.78 is 49.0. The van der Waals surface area contributed by atoms with Crippen molar-refractivity contribution < 1.29 is 27.1 Å². The maximum atomic E-state index is 14.7. The Morgan fingerprint density at radius 2 is 1.82 bits per heavy atom. The van der Waals surface area contributed by atoms with Crippen molar-refractivity contribution in [3.63, 3.8) is 0 Å². The van der Waals surface area contributed by atoms with Gasteiger partial charge in [-0.2, -0.15) is 4.98 Å². The first kappa shape index (κ1) is 26.8. The van der Waals surface area contributed by atoms with Gasteiger partial charge in [0.2, 0.25) is 16.0 Å². The Morgan fingerprint density at radius 3 is 2.55 bits per heavy atom. The van der Waals surface area contributed by atoms with E-state index < -0.39 is 21.9 Å². The van der Waals surface area contributed by atoms with E-state index in [4.69, 9.17) is 14.6 Å². The number of anilines is 5. The van der Waals surface area contributed by atoms with E-state index in [0.29, 0.717) is 35.1 Å². The monoisotopic (exact) mass is 564 g/mol. The fourth-order valence-corrected chi connectivity index (χ4v) is 4.65. The van der Waals surface area contributed by atoms with Crippen LogP contribution in [0.25, 0.3) is 0 Å². The van der Waals surface area contributed by atoms with Gasteiger partial charge in [0, 0.05) is 11.4 Å². The van der Waals surface area contributed by atoms with Gasteiger partial charge in [0.1, 0.15) is 11.5 Å². The van der Waals surface area contributed by atoms with Gasteiger partial charge in [-0.1, -0.05) is 18.2 Å². The van der Waals surface area contributed by atoms with Crippen LogP contribution in [0.15, 0.2) is 77.8 Å². The summed E-state index contributed by atoms with van der Waals surface area (Å²) in [7, 11) is -2.33. The third-order valence-corrected chi connectivity index (χ3v) is 7.00. The number of primary sulfonamides is 1. The number of hydrogen-bond donors (Lipinski definition) is 3. The quantitative estimate of drug-likeness (QED) is 0.288. The smallest absolute Gasteiger partial charge is 0.268 e. The number of nitrogens with zero attached hydrogens (tertiary/aromatic N) is 3. The molecule has 0 fully saturated rings. The summed E-state index contributed by atoms with van der Waals surface area (Å²) in [6, 6.07) is 18.2. The lowest BCUT2D eigenvalue weighted by molar-refractivity contribution is -0.125. The van der Waals surface area contributed by atoms with Crippen LogP contribution in [0.3, 0.4) is 0 Å². The molecule has 0 aliphatic carbocycles. The second kappa shape index (κ2) is 10.8. The van der Waals surface area contributed by atoms with E-state index in [1.165, 1.54) is 18.2 Å². The Balaban J connectivity index is 1.40. The van der Waals surface area contributed by atoms with Gasteiger partial charge in [-0.25, -0.2) is 22.9 Å². The Morgan fingerprint density at radius 1 is 1.07 bits per heavy atom. The van der Waals surface area contributed by atoms with Crippen molar-refractivity contribution in [2.24, 2.45) is 5.14 Å². The molecule has 1 aromatic heterocycles. The van der Waals surface area contributed by atoms with Crippen LogP contribution in [0.5, 0.6) is 11.5 Å². The summed E-state index contributed by atoms with van der Waals surface area (Å²) in [6.45, 7) is 1.97. The summed E-state index contributed by atoms with van der Waals surface area (Å²) in [6.07, 6.45) is 0.300. The number of nitrogens with two attached hydrogens (primary N) is 1. The van der Waals surface area contributed by atoms with E-state index in [2.05, 4.69) is 20.6 Å². The molecule has 1 unspecified atom stereocenters. The van der Waals surface area contributed by atoms with E-state index in [1.807, 2.05) is 24.3 Å². The molecule has 2 heterocycles. The number of carbonyl (C=O) groups is 1. The van der Waals surface area contributed by atoms with Gasteiger partial charge in [0.15, 0.2) is 17.7 Å². The number of ether oxygens (including phenoxy) is 2. The summed E-state index contributed by atoms with van der Waals surface area (Å²) in [4.78, 5) is 22.7. The highest BCUT2D eigenvalue weighted by atomic mass is 32.2. The molecular formula is C27H25FN6O5S. The first-order valence-electron chi connectivity index (χ1n) is 12.0. The predicted octanol–water partition coefficient (Wildman–Crippen LogP) is 4.07. The second-order valence-corrected chi connectivity index (χ2v) is 10.5. The summed E-state index contributed by atoms with van der Waals surface area (Å²) >= 11 is 0. The van der Waals surface area contributed by atoms with Crippen LogP contribution in [-0.4, -0.2) is 37.5 Å². The topological polar surface area (TPSA) is 149 Å². The number of halogens is 1. The molecule has 4 N–H and O–H groups in total. The van der Waals surface area contributed by atoms with Crippen molar-refractivity contribution in [3.05, 3.63) is 84.3 Å². The van der Waals surface area contributed by atoms with Gasteiger partial charge < -0.3 is 25.0 Å². The minimum Gasteiger partial charge on any atom is -0.497 e. The number of benzene rings is 3. The van der Waals surface area contributed by atoms with Crippen LogP contribution in [0.2, 0.25) is 0 Å². The van der Waals surface area contributed by atoms with Gasteiger partial charge in [0.05, 0.1) is 30.4 Å². The molecule has 0 saturated carbocycles. The zero-order valence-electron chi connectivity index (χ0n) is 21.5. The SMILES string of the molecule is COc1ccc(CN2C(=O)C(C)Oc3ccc(Nc4nc(Nc5cccc(S(N)(=O)=O)c5)ncc4F)cc32)cc1. The predicted molar refractivity (Wildman–Crippen MR) is 147 cm³/mol. The Hall–Kier alpha value is -4.75. The molecule has 0 radical (unpaired) electrons. The molecular weight excluding hydrogens is 539 g/mol. The van der Waals surface area contributed by atoms with Crippen LogP contribution < -0.4 is 30.1 Å². The lowest BCUT2D eigenvalue weighted by Crippen LogP contribution is -2.44. The van der Waals surface area contributed by atoms with E-state index in [9.17, 15) is 17.6 Å². The number of carbonyl (C=O) groups excluding carboxylic acids is 1. The van der Waals surface area contributed by atoms with Crippen molar-refractivity contribution in [1.29, 1.82) is 0 Å². The zero-order chi connectivity index (χ0) is 28.4. The number of hydrogen-bond acceptors (Lipinski definition) is 9. The molecule has 1 atom stereocenters. The lowest BCUT2D eigenvalue weighted by Gasteiger charge is -2.33. The van der Waals surface area contributed by atoms with Crippen LogP contribution in [0.4, 0.5) is 33.2 Å². The minimum absolute atomic E-state index is 0.0156. The molecule has 40 heavy (non-hydrogen) atoms. The van der Waals surface area contributed by atoms with Crippen LogP contribution in [0.1, 0.15) is 12.5 Å². The largest absolute Gasteiger partial charge is 0.497 e.